The maximum atomic E-state index is 11.1. The van der Waals surface area contributed by atoms with Crippen molar-refractivity contribution in [3.05, 3.63) is 15.8 Å². The van der Waals surface area contributed by atoms with Crippen LogP contribution in [0.5, 0.6) is 0 Å². The molecule has 106 valence electrons. The average molecular weight is 270 g/mol. The SMILES string of the molecule is CCc1nn(C)c(NC(C)C(C)C(=O)O)c1[N+](=O)[O-]. The first kappa shape index (κ1) is 14.9. The second-order valence-electron chi connectivity index (χ2n) is 4.44. The topological polar surface area (TPSA) is 110 Å². The number of nitro groups is 1. The molecule has 0 amide bonds. The van der Waals surface area contributed by atoms with Crippen LogP contribution in [0.2, 0.25) is 0 Å². The molecule has 0 bridgehead atoms. The third kappa shape index (κ3) is 3.01. The van der Waals surface area contributed by atoms with Crippen LogP contribution in [0.15, 0.2) is 0 Å². The number of aromatic nitrogens is 2. The van der Waals surface area contributed by atoms with Crippen molar-refractivity contribution in [2.75, 3.05) is 5.32 Å². The highest BCUT2D eigenvalue weighted by Gasteiger charge is 2.28. The number of anilines is 1. The quantitative estimate of drug-likeness (QED) is 0.597. The molecule has 0 saturated heterocycles. The van der Waals surface area contributed by atoms with Crippen LogP contribution in [-0.2, 0) is 18.3 Å². The molecule has 0 aliphatic rings. The van der Waals surface area contributed by atoms with Gasteiger partial charge in [-0.1, -0.05) is 6.92 Å². The number of aryl methyl sites for hydroxylation is 2. The first-order valence-corrected chi connectivity index (χ1v) is 5.99. The number of nitrogens with one attached hydrogen (secondary N) is 1. The molecule has 0 spiro atoms. The minimum Gasteiger partial charge on any atom is -0.481 e. The standard InChI is InChI=1S/C11H18N4O4/c1-5-8-9(15(18)19)10(14(4)13-8)12-7(3)6(2)11(16)17/h6-7,12H,5H2,1-4H3,(H,16,17). The maximum absolute atomic E-state index is 11.1. The monoisotopic (exact) mass is 270 g/mol. The molecule has 1 rings (SSSR count). The van der Waals surface area contributed by atoms with Crippen molar-refractivity contribution in [1.29, 1.82) is 0 Å². The van der Waals surface area contributed by atoms with E-state index in [9.17, 15) is 14.9 Å². The Labute approximate surface area is 110 Å². The smallest absolute Gasteiger partial charge is 0.333 e. The number of carbonyl (C=O) groups is 1. The van der Waals surface area contributed by atoms with Gasteiger partial charge >= 0.3 is 11.7 Å². The maximum Gasteiger partial charge on any atom is 0.333 e. The van der Waals surface area contributed by atoms with Crippen molar-refractivity contribution >= 4 is 17.5 Å². The molecule has 0 aliphatic carbocycles. The van der Waals surface area contributed by atoms with Crippen molar-refractivity contribution in [3.63, 3.8) is 0 Å². The molecular weight excluding hydrogens is 252 g/mol. The van der Waals surface area contributed by atoms with E-state index in [1.807, 2.05) is 0 Å². The van der Waals surface area contributed by atoms with E-state index in [-0.39, 0.29) is 11.5 Å². The summed E-state index contributed by atoms with van der Waals surface area (Å²) < 4.78 is 1.38. The molecule has 19 heavy (non-hydrogen) atoms. The number of rotatable bonds is 6. The summed E-state index contributed by atoms with van der Waals surface area (Å²) in [4.78, 5) is 21.5. The highest BCUT2D eigenvalue weighted by molar-refractivity contribution is 5.71. The van der Waals surface area contributed by atoms with E-state index >= 15 is 0 Å². The predicted molar refractivity (Wildman–Crippen MR) is 69.1 cm³/mol. The third-order valence-corrected chi connectivity index (χ3v) is 3.11. The van der Waals surface area contributed by atoms with Crippen LogP contribution in [0.3, 0.4) is 0 Å². The third-order valence-electron chi connectivity index (χ3n) is 3.11. The van der Waals surface area contributed by atoms with E-state index in [0.717, 1.165) is 0 Å². The number of nitrogens with zero attached hydrogens (tertiary/aromatic N) is 3. The summed E-state index contributed by atoms with van der Waals surface area (Å²) in [5.74, 6) is -1.39. The molecule has 0 radical (unpaired) electrons. The van der Waals surface area contributed by atoms with Crippen molar-refractivity contribution in [2.45, 2.75) is 33.2 Å². The van der Waals surface area contributed by atoms with E-state index in [2.05, 4.69) is 10.4 Å². The molecule has 2 atom stereocenters. The van der Waals surface area contributed by atoms with Gasteiger partial charge in [-0.3, -0.25) is 14.9 Å². The summed E-state index contributed by atoms with van der Waals surface area (Å²) in [7, 11) is 1.59. The van der Waals surface area contributed by atoms with E-state index in [4.69, 9.17) is 5.11 Å². The summed E-state index contributed by atoms with van der Waals surface area (Å²) in [6, 6.07) is -0.448. The van der Waals surface area contributed by atoms with Crippen LogP contribution in [0.1, 0.15) is 26.5 Å². The van der Waals surface area contributed by atoms with Gasteiger partial charge in [0, 0.05) is 13.1 Å². The lowest BCUT2D eigenvalue weighted by atomic mass is 10.0. The molecule has 0 saturated carbocycles. The molecule has 2 unspecified atom stereocenters. The normalized spacial score (nSPS) is 13.9. The molecule has 0 aromatic carbocycles. The summed E-state index contributed by atoms with van der Waals surface area (Å²) in [5.41, 5.74) is 0.291. The Morgan fingerprint density at radius 2 is 2.16 bits per heavy atom. The fourth-order valence-corrected chi connectivity index (χ4v) is 1.71. The zero-order valence-corrected chi connectivity index (χ0v) is 11.4. The second kappa shape index (κ2) is 5.68. The number of carboxylic acid groups (broad SMARTS) is 1. The van der Waals surface area contributed by atoms with Crippen molar-refractivity contribution < 1.29 is 14.8 Å². The molecular formula is C11H18N4O4. The summed E-state index contributed by atoms with van der Waals surface area (Å²) in [5, 5.41) is 27.0. The van der Waals surface area contributed by atoms with Crippen LogP contribution in [0, 0.1) is 16.0 Å². The minimum absolute atomic E-state index is 0.0885. The zero-order valence-electron chi connectivity index (χ0n) is 11.4. The Kier molecular flexibility index (Phi) is 4.47. The Morgan fingerprint density at radius 3 is 2.58 bits per heavy atom. The van der Waals surface area contributed by atoms with Gasteiger partial charge in [0.15, 0.2) is 0 Å². The fraction of sp³-hybridized carbons (Fsp3) is 0.636. The lowest BCUT2D eigenvalue weighted by molar-refractivity contribution is -0.384. The molecule has 8 nitrogen and oxygen atoms in total. The molecule has 8 heteroatoms. The molecule has 1 aromatic rings. The lowest BCUT2D eigenvalue weighted by Gasteiger charge is -2.18. The highest BCUT2D eigenvalue weighted by atomic mass is 16.6. The molecule has 0 aliphatic heterocycles. The first-order valence-electron chi connectivity index (χ1n) is 5.99. The Bertz CT molecular complexity index is 497. The van der Waals surface area contributed by atoms with Crippen molar-refractivity contribution in [2.24, 2.45) is 13.0 Å². The Hall–Kier alpha value is -2.12. The summed E-state index contributed by atoms with van der Waals surface area (Å²) >= 11 is 0. The Morgan fingerprint density at radius 1 is 1.58 bits per heavy atom. The fourth-order valence-electron chi connectivity index (χ4n) is 1.71. The molecule has 2 N–H and O–H groups in total. The van der Waals surface area contributed by atoms with Gasteiger partial charge in [0.25, 0.3) is 0 Å². The molecule has 1 aromatic heterocycles. The zero-order chi connectivity index (χ0) is 14.7. The minimum atomic E-state index is -0.958. The predicted octanol–water partition coefficient (Wildman–Crippen LogP) is 1.41. The van der Waals surface area contributed by atoms with Gasteiger partial charge in [-0.15, -0.1) is 0 Å². The van der Waals surface area contributed by atoms with Crippen LogP contribution < -0.4 is 5.32 Å². The van der Waals surface area contributed by atoms with Gasteiger partial charge in [0.1, 0.15) is 5.69 Å². The number of hydrogen-bond donors (Lipinski definition) is 2. The van der Waals surface area contributed by atoms with E-state index in [1.54, 1.807) is 27.8 Å². The number of carboxylic acids is 1. The number of aliphatic carboxylic acids is 1. The van der Waals surface area contributed by atoms with E-state index < -0.39 is 22.9 Å². The number of hydrogen-bond acceptors (Lipinski definition) is 5. The van der Waals surface area contributed by atoms with Crippen LogP contribution >= 0.6 is 0 Å². The van der Waals surface area contributed by atoms with Crippen LogP contribution in [0.25, 0.3) is 0 Å². The van der Waals surface area contributed by atoms with Crippen LogP contribution in [-0.4, -0.2) is 31.8 Å². The van der Waals surface area contributed by atoms with Gasteiger partial charge in [-0.25, -0.2) is 4.68 Å². The lowest BCUT2D eigenvalue weighted by Crippen LogP contribution is -2.30. The first-order chi connectivity index (χ1) is 8.79. The van der Waals surface area contributed by atoms with Gasteiger partial charge in [0.2, 0.25) is 5.82 Å². The summed E-state index contributed by atoms with van der Waals surface area (Å²) in [6.07, 6.45) is 0.439. The highest BCUT2D eigenvalue weighted by Crippen LogP contribution is 2.29. The largest absolute Gasteiger partial charge is 0.481 e. The van der Waals surface area contributed by atoms with E-state index in [1.165, 1.54) is 4.68 Å². The van der Waals surface area contributed by atoms with Gasteiger partial charge in [-0.05, 0) is 20.3 Å². The summed E-state index contributed by atoms with van der Waals surface area (Å²) in [6.45, 7) is 4.99. The molecule has 1 heterocycles. The van der Waals surface area contributed by atoms with Gasteiger partial charge in [0.05, 0.1) is 10.8 Å². The second-order valence-corrected chi connectivity index (χ2v) is 4.44. The van der Waals surface area contributed by atoms with Crippen LogP contribution in [0.4, 0.5) is 11.5 Å². The van der Waals surface area contributed by atoms with Crippen molar-refractivity contribution in [1.82, 2.24) is 9.78 Å². The Balaban J connectivity index is 3.10. The van der Waals surface area contributed by atoms with Gasteiger partial charge < -0.3 is 10.4 Å². The van der Waals surface area contributed by atoms with Gasteiger partial charge in [-0.2, -0.15) is 5.10 Å². The van der Waals surface area contributed by atoms with Crippen molar-refractivity contribution in [3.8, 4) is 0 Å². The van der Waals surface area contributed by atoms with E-state index in [0.29, 0.717) is 12.1 Å². The molecule has 0 fully saturated rings. The average Bonchev–Trinajstić information content (AvgIpc) is 2.64.